The van der Waals surface area contributed by atoms with Crippen molar-refractivity contribution in [2.45, 2.75) is 13.3 Å². The van der Waals surface area contributed by atoms with Crippen molar-refractivity contribution in [3.8, 4) is 0 Å². The molecule has 1 aromatic heterocycles. The van der Waals surface area contributed by atoms with Crippen LogP contribution in [0.4, 0.5) is 5.69 Å². The molecule has 3 aromatic rings. The molecule has 0 spiro atoms. The van der Waals surface area contributed by atoms with Crippen LogP contribution in [-0.4, -0.2) is 11.6 Å². The number of aryl methyl sites for hydroxylation is 1. The van der Waals surface area contributed by atoms with Gasteiger partial charge in [-0.2, -0.15) is 4.57 Å². The molecule has 0 aliphatic heterocycles. The summed E-state index contributed by atoms with van der Waals surface area (Å²) in [6, 6.07) is 20.3. The maximum atomic E-state index is 13.3. The Morgan fingerprint density at radius 2 is 1.41 bits per heavy atom. The number of carbonyl (C=O) groups excluding carboxylic acids is 2. The molecule has 1 aliphatic rings. The zero-order valence-electron chi connectivity index (χ0n) is 15.0. The second kappa shape index (κ2) is 7.00. The second-order valence-electron chi connectivity index (χ2n) is 6.35. The van der Waals surface area contributed by atoms with E-state index in [9.17, 15) is 9.59 Å². The largest absolute Gasteiger partial charge is 0.346 e. The van der Waals surface area contributed by atoms with Crippen LogP contribution in [0.1, 0.15) is 33.2 Å². The minimum absolute atomic E-state index is 0.169. The molecular weight excluding hydrogens is 336 g/mol. The average Bonchev–Trinajstić information content (AvgIpc) is 2.73. The zero-order chi connectivity index (χ0) is 18.8. The van der Waals surface area contributed by atoms with Crippen molar-refractivity contribution in [1.82, 2.24) is 0 Å². The smallest absolute Gasteiger partial charge is 0.286 e. The second-order valence-corrected chi connectivity index (χ2v) is 6.35. The lowest BCUT2D eigenvalue weighted by Gasteiger charge is -2.19. The van der Waals surface area contributed by atoms with E-state index in [1.165, 1.54) is 0 Å². The number of allylic oxidation sites excluding steroid dienone is 2. The highest BCUT2D eigenvalue weighted by atomic mass is 16.1. The number of pyridine rings is 1. The first kappa shape index (κ1) is 16.9. The standard InChI is InChI=1S/C23H18N2O2/c1-2-16-10-4-7-13-19(16)24-20-21(25-14-8-3-9-15-25)23(27)18-12-6-5-11-17(18)22(20)26/h3-15H,2H2,1H3/p+1. The summed E-state index contributed by atoms with van der Waals surface area (Å²) in [6.45, 7) is 2.06. The zero-order valence-corrected chi connectivity index (χ0v) is 15.0. The molecule has 132 valence electrons. The summed E-state index contributed by atoms with van der Waals surface area (Å²) in [6.07, 6.45) is 4.38. The van der Waals surface area contributed by atoms with Crippen molar-refractivity contribution in [1.29, 1.82) is 0 Å². The van der Waals surface area contributed by atoms with Crippen LogP contribution < -0.4 is 9.88 Å². The first-order valence-electron chi connectivity index (χ1n) is 8.95. The van der Waals surface area contributed by atoms with E-state index in [0.29, 0.717) is 22.5 Å². The van der Waals surface area contributed by atoms with Crippen LogP contribution in [0.3, 0.4) is 0 Å². The van der Waals surface area contributed by atoms with Crippen LogP contribution in [0.5, 0.6) is 0 Å². The number of ketones is 2. The van der Waals surface area contributed by atoms with Crippen LogP contribution in [0, 0.1) is 0 Å². The number of hydrogen-bond donors (Lipinski definition) is 1. The Kier molecular flexibility index (Phi) is 4.38. The van der Waals surface area contributed by atoms with Gasteiger partial charge in [0.2, 0.25) is 5.78 Å². The van der Waals surface area contributed by atoms with Gasteiger partial charge < -0.3 is 5.32 Å². The van der Waals surface area contributed by atoms with Crippen molar-refractivity contribution in [2.75, 3.05) is 5.32 Å². The van der Waals surface area contributed by atoms with E-state index in [0.717, 1.165) is 17.7 Å². The molecule has 0 radical (unpaired) electrons. The molecule has 27 heavy (non-hydrogen) atoms. The highest BCUT2D eigenvalue weighted by Gasteiger charge is 2.38. The number of benzene rings is 2. The summed E-state index contributed by atoms with van der Waals surface area (Å²) in [4.78, 5) is 26.5. The Bertz CT molecular complexity index is 1070. The number of fused-ring (bicyclic) bond motifs is 1. The topological polar surface area (TPSA) is 50.1 Å². The Balaban J connectivity index is 1.93. The third-order valence-electron chi connectivity index (χ3n) is 4.73. The predicted molar refractivity (Wildman–Crippen MR) is 104 cm³/mol. The first-order chi connectivity index (χ1) is 13.2. The summed E-state index contributed by atoms with van der Waals surface area (Å²) in [5, 5.41) is 3.26. The average molecular weight is 355 g/mol. The lowest BCUT2D eigenvalue weighted by atomic mass is 9.89. The van der Waals surface area contributed by atoms with Crippen LogP contribution >= 0.6 is 0 Å². The molecule has 1 aliphatic carbocycles. The fraction of sp³-hybridized carbons (Fsp3) is 0.0870. The molecule has 1 N–H and O–H groups in total. The van der Waals surface area contributed by atoms with E-state index >= 15 is 0 Å². The summed E-state index contributed by atoms with van der Waals surface area (Å²) < 4.78 is 1.70. The van der Waals surface area contributed by atoms with E-state index in [1.807, 2.05) is 42.5 Å². The van der Waals surface area contributed by atoms with E-state index in [2.05, 4.69) is 12.2 Å². The number of anilines is 1. The van der Waals surface area contributed by atoms with Crippen LogP contribution in [0.2, 0.25) is 0 Å². The fourth-order valence-corrected chi connectivity index (χ4v) is 3.36. The molecule has 0 saturated carbocycles. The molecular formula is C23H19N2O2+. The fourth-order valence-electron chi connectivity index (χ4n) is 3.36. The summed E-state index contributed by atoms with van der Waals surface area (Å²) in [5.41, 5.74) is 3.43. The van der Waals surface area contributed by atoms with Crippen molar-refractivity contribution >= 4 is 23.0 Å². The number of carbonyl (C=O) groups is 2. The number of rotatable bonds is 4. The van der Waals surface area contributed by atoms with Crippen molar-refractivity contribution < 1.29 is 14.2 Å². The Morgan fingerprint density at radius 3 is 2.11 bits per heavy atom. The van der Waals surface area contributed by atoms with E-state index in [4.69, 9.17) is 0 Å². The number of Topliss-reactive ketones (excluding diaryl/α,β-unsaturated/α-hetero) is 2. The number of aromatic nitrogens is 1. The van der Waals surface area contributed by atoms with E-state index < -0.39 is 0 Å². The lowest BCUT2D eigenvalue weighted by molar-refractivity contribution is -0.577. The van der Waals surface area contributed by atoms with Gasteiger partial charge in [-0.1, -0.05) is 55.5 Å². The van der Waals surface area contributed by atoms with Gasteiger partial charge in [0.15, 0.2) is 18.1 Å². The van der Waals surface area contributed by atoms with E-state index in [-0.39, 0.29) is 11.6 Å². The Morgan fingerprint density at radius 1 is 0.778 bits per heavy atom. The molecule has 0 amide bonds. The molecule has 0 saturated heterocycles. The number of hydrogen-bond acceptors (Lipinski definition) is 3. The third-order valence-corrected chi connectivity index (χ3v) is 4.73. The Labute approximate surface area is 157 Å². The van der Waals surface area contributed by atoms with Crippen molar-refractivity contribution in [3.05, 3.63) is 102 Å². The lowest BCUT2D eigenvalue weighted by Crippen LogP contribution is -2.41. The minimum Gasteiger partial charge on any atom is -0.346 e. The normalized spacial score (nSPS) is 13.5. The summed E-state index contributed by atoms with van der Waals surface area (Å²) >= 11 is 0. The monoisotopic (exact) mass is 355 g/mol. The molecule has 1 heterocycles. The van der Waals surface area contributed by atoms with Gasteiger partial charge in [-0.05, 0) is 18.1 Å². The molecule has 0 bridgehead atoms. The molecule has 2 aromatic carbocycles. The predicted octanol–water partition coefficient (Wildman–Crippen LogP) is 3.90. The highest BCUT2D eigenvalue weighted by molar-refractivity contribution is 6.36. The third kappa shape index (κ3) is 2.95. The van der Waals surface area contributed by atoms with Gasteiger partial charge in [-0.15, -0.1) is 0 Å². The number of para-hydroxylation sites is 1. The van der Waals surface area contributed by atoms with Gasteiger partial charge >= 0.3 is 0 Å². The highest BCUT2D eigenvalue weighted by Crippen LogP contribution is 2.28. The maximum absolute atomic E-state index is 13.3. The van der Waals surface area contributed by atoms with Crippen LogP contribution in [0.15, 0.2) is 84.8 Å². The molecule has 4 nitrogen and oxygen atoms in total. The molecule has 0 atom stereocenters. The molecule has 4 rings (SSSR count). The molecule has 4 heteroatoms. The van der Waals surface area contributed by atoms with Crippen LogP contribution in [0.25, 0.3) is 5.70 Å². The molecule has 0 unspecified atom stereocenters. The quantitative estimate of drug-likeness (QED) is 0.722. The van der Waals surface area contributed by atoms with Gasteiger partial charge in [0.25, 0.3) is 11.5 Å². The van der Waals surface area contributed by atoms with Gasteiger partial charge in [0.05, 0.1) is 0 Å². The minimum atomic E-state index is -0.178. The van der Waals surface area contributed by atoms with Gasteiger partial charge in [0, 0.05) is 28.9 Å². The number of nitrogens with one attached hydrogen (secondary N) is 1. The maximum Gasteiger partial charge on any atom is 0.286 e. The summed E-state index contributed by atoms with van der Waals surface area (Å²) in [7, 11) is 0. The van der Waals surface area contributed by atoms with E-state index in [1.54, 1.807) is 41.2 Å². The van der Waals surface area contributed by atoms with Crippen molar-refractivity contribution in [3.63, 3.8) is 0 Å². The Hall–Kier alpha value is -3.53. The SMILES string of the molecule is CCc1ccccc1NC1=C([n+]2ccccc2)C(=O)c2ccccc2C1=O. The summed E-state index contributed by atoms with van der Waals surface area (Å²) in [5.74, 6) is -0.347. The van der Waals surface area contributed by atoms with Gasteiger partial charge in [0.1, 0.15) is 0 Å². The van der Waals surface area contributed by atoms with Crippen LogP contribution in [-0.2, 0) is 6.42 Å². The number of nitrogens with zero attached hydrogens (tertiary/aromatic N) is 1. The first-order valence-corrected chi connectivity index (χ1v) is 8.95. The molecule has 0 fully saturated rings. The van der Waals surface area contributed by atoms with Gasteiger partial charge in [-0.25, -0.2) is 0 Å². The van der Waals surface area contributed by atoms with Gasteiger partial charge in [-0.3, -0.25) is 9.59 Å². The van der Waals surface area contributed by atoms with Crippen molar-refractivity contribution in [2.24, 2.45) is 0 Å².